The smallest absolute Gasteiger partial charge is 0.387 e. The van der Waals surface area contributed by atoms with Crippen molar-refractivity contribution in [1.29, 1.82) is 0 Å². The first-order chi connectivity index (χ1) is 12.6. The molecule has 2 heterocycles. The van der Waals surface area contributed by atoms with E-state index in [2.05, 4.69) is 20.0 Å². The van der Waals surface area contributed by atoms with Crippen molar-refractivity contribution < 1.29 is 18.3 Å². The van der Waals surface area contributed by atoms with Crippen LogP contribution in [0.1, 0.15) is 11.7 Å². The van der Waals surface area contributed by atoms with Gasteiger partial charge in [0.25, 0.3) is 0 Å². The second-order valence-electron chi connectivity index (χ2n) is 5.60. The normalized spacial score (nSPS) is 16.2. The Morgan fingerprint density at radius 1 is 1.19 bits per heavy atom. The third-order valence-electron chi connectivity index (χ3n) is 4.04. The highest BCUT2D eigenvalue weighted by atomic mass is 19.3. The summed E-state index contributed by atoms with van der Waals surface area (Å²) in [6.07, 6.45) is -0.520. The van der Waals surface area contributed by atoms with Gasteiger partial charge in [-0.15, -0.1) is 0 Å². The Labute approximate surface area is 147 Å². The first-order valence-corrected chi connectivity index (χ1v) is 7.77. The number of imidazole rings is 1. The number of anilines is 1. The van der Waals surface area contributed by atoms with E-state index in [-0.39, 0.29) is 17.5 Å². The van der Waals surface area contributed by atoms with Gasteiger partial charge in [-0.1, -0.05) is 18.2 Å². The molecule has 0 fully saturated rings. The second-order valence-corrected chi connectivity index (χ2v) is 5.60. The molecule has 1 aliphatic heterocycles. The van der Waals surface area contributed by atoms with Crippen LogP contribution in [0.5, 0.6) is 11.5 Å². The van der Waals surface area contributed by atoms with E-state index in [4.69, 9.17) is 10.5 Å². The van der Waals surface area contributed by atoms with Gasteiger partial charge in [0.05, 0.1) is 18.1 Å². The van der Waals surface area contributed by atoms with Crippen LogP contribution in [-0.2, 0) is 0 Å². The van der Waals surface area contributed by atoms with Gasteiger partial charge < -0.3 is 15.2 Å². The number of nitrogens with two attached hydrogens (primary N) is 1. The molecule has 3 aromatic rings. The number of para-hydroxylation sites is 2. The first-order valence-electron chi connectivity index (χ1n) is 7.77. The maximum absolute atomic E-state index is 12.5. The molecule has 4 rings (SSSR count). The van der Waals surface area contributed by atoms with Crippen molar-refractivity contribution in [1.82, 2.24) is 9.55 Å². The SMILES string of the molecule is COc1cc([C@@H]2N=C(N)Nc3nc4ccccc4n32)ccc1OC(F)F. The van der Waals surface area contributed by atoms with Crippen molar-refractivity contribution in [2.75, 3.05) is 12.4 Å². The molecule has 1 aromatic heterocycles. The third-order valence-corrected chi connectivity index (χ3v) is 4.04. The summed E-state index contributed by atoms with van der Waals surface area (Å²) in [7, 11) is 1.38. The maximum atomic E-state index is 12.5. The quantitative estimate of drug-likeness (QED) is 0.748. The van der Waals surface area contributed by atoms with E-state index in [1.54, 1.807) is 12.1 Å². The summed E-state index contributed by atoms with van der Waals surface area (Å²) in [5, 5.41) is 2.94. The molecule has 3 N–H and O–H groups in total. The molecule has 0 radical (unpaired) electrons. The van der Waals surface area contributed by atoms with E-state index in [0.29, 0.717) is 11.5 Å². The number of hydrogen-bond acceptors (Lipinski definition) is 6. The van der Waals surface area contributed by atoms with Crippen LogP contribution in [0.3, 0.4) is 0 Å². The number of fused-ring (bicyclic) bond motifs is 3. The average molecular weight is 359 g/mol. The van der Waals surface area contributed by atoms with Crippen LogP contribution in [-0.4, -0.2) is 29.2 Å². The van der Waals surface area contributed by atoms with Crippen molar-refractivity contribution in [3.63, 3.8) is 0 Å². The number of methoxy groups -OCH3 is 1. The highest BCUT2D eigenvalue weighted by molar-refractivity contribution is 5.94. The predicted octanol–water partition coefficient (Wildman–Crippen LogP) is 2.93. The summed E-state index contributed by atoms with van der Waals surface area (Å²) in [6.45, 7) is -2.94. The molecule has 0 spiro atoms. The average Bonchev–Trinajstić information content (AvgIpc) is 2.99. The van der Waals surface area contributed by atoms with Crippen molar-refractivity contribution in [2.45, 2.75) is 12.8 Å². The fraction of sp³-hybridized carbons (Fsp3) is 0.176. The Morgan fingerprint density at radius 2 is 2.00 bits per heavy atom. The molecular formula is C17H15F2N5O2. The zero-order valence-corrected chi connectivity index (χ0v) is 13.7. The summed E-state index contributed by atoms with van der Waals surface area (Å²) >= 11 is 0. The van der Waals surface area contributed by atoms with Gasteiger partial charge in [-0.3, -0.25) is 9.88 Å². The summed E-state index contributed by atoms with van der Waals surface area (Å²) in [6, 6.07) is 12.3. The fourth-order valence-corrected chi connectivity index (χ4v) is 2.98. The molecule has 0 aliphatic carbocycles. The number of nitrogens with one attached hydrogen (secondary N) is 1. The van der Waals surface area contributed by atoms with E-state index < -0.39 is 12.8 Å². The van der Waals surface area contributed by atoms with E-state index in [1.165, 1.54) is 13.2 Å². The topological polar surface area (TPSA) is 86.7 Å². The standard InChI is InChI=1S/C17H15F2N5O2/c1-25-13-8-9(6-7-12(13)26-15(18)19)14-22-16(20)23-17-21-10-4-2-3-5-11(10)24(14)17/h2-8,14-15H,1H3,(H3,20,21,22,23)/t14-/m1/s1. The number of nitrogens with zero attached hydrogens (tertiary/aromatic N) is 3. The number of halogens is 2. The Hall–Kier alpha value is -3.36. The van der Waals surface area contributed by atoms with Crippen LogP contribution in [0.25, 0.3) is 11.0 Å². The zero-order chi connectivity index (χ0) is 18.3. The van der Waals surface area contributed by atoms with E-state index in [0.717, 1.165) is 11.0 Å². The van der Waals surface area contributed by atoms with Crippen molar-refractivity contribution >= 4 is 22.9 Å². The number of guanidine groups is 1. The lowest BCUT2D eigenvalue weighted by molar-refractivity contribution is -0.0512. The molecule has 1 aliphatic rings. The maximum Gasteiger partial charge on any atom is 0.387 e. The number of benzene rings is 2. The van der Waals surface area contributed by atoms with Gasteiger partial charge in [-0.05, 0) is 24.3 Å². The number of alkyl halides is 2. The molecule has 0 unspecified atom stereocenters. The number of ether oxygens (including phenoxy) is 2. The second kappa shape index (κ2) is 6.17. The van der Waals surface area contributed by atoms with Crippen molar-refractivity contribution in [3.8, 4) is 11.5 Å². The molecule has 9 heteroatoms. The molecule has 0 saturated heterocycles. The van der Waals surface area contributed by atoms with Crippen LogP contribution in [0.4, 0.5) is 14.7 Å². The van der Waals surface area contributed by atoms with Crippen molar-refractivity contribution in [2.24, 2.45) is 10.7 Å². The lowest BCUT2D eigenvalue weighted by Gasteiger charge is -2.24. The van der Waals surface area contributed by atoms with Gasteiger partial charge in [0.1, 0.15) is 0 Å². The van der Waals surface area contributed by atoms with E-state index in [1.807, 2.05) is 28.8 Å². The van der Waals surface area contributed by atoms with Crippen molar-refractivity contribution in [3.05, 3.63) is 48.0 Å². The Morgan fingerprint density at radius 3 is 2.77 bits per heavy atom. The van der Waals surface area contributed by atoms with Crippen LogP contribution in [0.2, 0.25) is 0 Å². The largest absolute Gasteiger partial charge is 0.493 e. The van der Waals surface area contributed by atoms with E-state index in [9.17, 15) is 8.78 Å². The minimum absolute atomic E-state index is 0.0483. The molecule has 0 bridgehead atoms. The minimum Gasteiger partial charge on any atom is -0.493 e. The van der Waals surface area contributed by atoms with Gasteiger partial charge in [0.15, 0.2) is 23.6 Å². The zero-order valence-electron chi connectivity index (χ0n) is 13.7. The third kappa shape index (κ3) is 2.67. The predicted molar refractivity (Wildman–Crippen MR) is 92.7 cm³/mol. The lowest BCUT2D eigenvalue weighted by Crippen LogP contribution is -2.31. The Kier molecular flexibility index (Phi) is 3.83. The molecule has 26 heavy (non-hydrogen) atoms. The number of aromatic nitrogens is 2. The van der Waals surface area contributed by atoms with Gasteiger partial charge in [-0.2, -0.15) is 8.78 Å². The van der Waals surface area contributed by atoms with Gasteiger partial charge in [0, 0.05) is 5.56 Å². The van der Waals surface area contributed by atoms with Gasteiger partial charge >= 0.3 is 6.61 Å². The molecule has 134 valence electrons. The fourth-order valence-electron chi connectivity index (χ4n) is 2.98. The highest BCUT2D eigenvalue weighted by Gasteiger charge is 2.26. The lowest BCUT2D eigenvalue weighted by atomic mass is 10.1. The van der Waals surface area contributed by atoms with Crippen LogP contribution < -0.4 is 20.5 Å². The molecular weight excluding hydrogens is 344 g/mol. The van der Waals surface area contributed by atoms with Crippen LogP contribution in [0.15, 0.2) is 47.5 Å². The molecule has 7 nitrogen and oxygen atoms in total. The monoisotopic (exact) mass is 359 g/mol. The number of aliphatic imine (C=N–C) groups is 1. The minimum atomic E-state index is -2.94. The summed E-state index contributed by atoms with van der Waals surface area (Å²) in [4.78, 5) is 8.96. The van der Waals surface area contributed by atoms with Gasteiger partial charge in [-0.25, -0.2) is 9.98 Å². The van der Waals surface area contributed by atoms with E-state index >= 15 is 0 Å². The molecule has 0 saturated carbocycles. The number of rotatable bonds is 4. The number of hydrogen-bond donors (Lipinski definition) is 2. The van der Waals surface area contributed by atoms with Gasteiger partial charge in [0.2, 0.25) is 5.95 Å². The summed E-state index contributed by atoms with van der Waals surface area (Å²) < 4.78 is 36.6. The molecule has 0 amide bonds. The first kappa shape index (κ1) is 16.1. The highest BCUT2D eigenvalue weighted by Crippen LogP contribution is 2.36. The van der Waals surface area contributed by atoms with Crippen LogP contribution in [0, 0.1) is 0 Å². The van der Waals surface area contributed by atoms with Crippen LogP contribution >= 0.6 is 0 Å². The Bertz CT molecular complexity index is 1000. The summed E-state index contributed by atoms with van der Waals surface area (Å²) in [5.41, 5.74) is 8.24. The Balaban J connectivity index is 1.84. The molecule has 1 atom stereocenters. The summed E-state index contributed by atoms with van der Waals surface area (Å²) in [5.74, 6) is 0.897. The molecule has 2 aromatic carbocycles.